The van der Waals surface area contributed by atoms with E-state index in [1.54, 1.807) is 31.3 Å². The minimum absolute atomic E-state index is 0.193. The number of amides is 2. The summed E-state index contributed by atoms with van der Waals surface area (Å²) in [6, 6.07) is 16.2. The van der Waals surface area contributed by atoms with Crippen LogP contribution >= 0.6 is 11.8 Å². The molecule has 212 valence electrons. The number of hydrogen-bond donors (Lipinski definition) is 3. The highest BCUT2D eigenvalue weighted by atomic mass is 32.2. The number of nitrogens with one attached hydrogen (secondary N) is 2. The number of carbonyl (C=O) groups excluding carboxylic acids is 3. The summed E-state index contributed by atoms with van der Waals surface area (Å²) in [5.74, 6) is -0.575. The van der Waals surface area contributed by atoms with Gasteiger partial charge in [-0.05, 0) is 55.1 Å². The molecule has 11 heteroatoms. The first-order valence-electron chi connectivity index (χ1n) is 13.1. The van der Waals surface area contributed by atoms with Crippen molar-refractivity contribution in [3.63, 3.8) is 0 Å². The van der Waals surface area contributed by atoms with Gasteiger partial charge in [-0.1, -0.05) is 32.0 Å². The third-order valence-electron chi connectivity index (χ3n) is 6.27. The molecule has 40 heavy (non-hydrogen) atoms. The van der Waals surface area contributed by atoms with Crippen LogP contribution in [0.25, 0.3) is 10.9 Å². The van der Waals surface area contributed by atoms with Crippen molar-refractivity contribution in [2.45, 2.75) is 33.4 Å². The van der Waals surface area contributed by atoms with Gasteiger partial charge in [0.25, 0.3) is 5.91 Å². The predicted molar refractivity (Wildman–Crippen MR) is 158 cm³/mol. The summed E-state index contributed by atoms with van der Waals surface area (Å²) in [5, 5.41) is 17.9. The summed E-state index contributed by atoms with van der Waals surface area (Å²) in [4.78, 5) is 42.3. The molecule has 2 unspecified atom stereocenters. The van der Waals surface area contributed by atoms with Crippen LogP contribution in [0.4, 0.5) is 0 Å². The van der Waals surface area contributed by atoms with Gasteiger partial charge in [-0.3, -0.25) is 19.4 Å². The number of likely N-dealkylation sites (tertiary alicyclic amines) is 1. The van der Waals surface area contributed by atoms with Crippen LogP contribution in [0.15, 0.2) is 59.7 Å². The zero-order valence-electron chi connectivity index (χ0n) is 23.1. The number of aliphatic hydroxyl groups excluding tert-OH is 1. The number of nitrogens with zero attached hydrogens (tertiary/aromatic N) is 3. The minimum atomic E-state index is -0.636. The normalized spacial score (nSPS) is 16.6. The number of pyridine rings is 1. The number of rotatable bonds is 9. The molecular formula is C29H35N5O5S. The standard InChI is InChI=1S/C27H29N5O5S.C2H6/c1-17-11-19(21-5-3-4-6-23(21)29-17)15-37-20-9-7-18(8-10-20)26(36)30-24-13-32(25(35)14-33)12-22(24)27(31-28-2)38-16-34;1-2/h3-11,16,22,24,28,33H,12-15H2,1-2H3,(H,30,36);1-2H3/b31-27-;. The number of benzene rings is 2. The fraction of sp³-hybridized carbons (Fsp3) is 0.345. The molecule has 2 aromatic carbocycles. The van der Waals surface area contributed by atoms with Gasteiger partial charge in [-0.15, -0.1) is 0 Å². The van der Waals surface area contributed by atoms with Crippen LogP contribution in [0.2, 0.25) is 0 Å². The summed E-state index contributed by atoms with van der Waals surface area (Å²) >= 11 is 0.888. The molecule has 1 fully saturated rings. The van der Waals surface area contributed by atoms with Crippen molar-refractivity contribution in [2.75, 3.05) is 26.7 Å². The zero-order valence-corrected chi connectivity index (χ0v) is 23.9. The van der Waals surface area contributed by atoms with Gasteiger partial charge in [0.05, 0.1) is 11.6 Å². The van der Waals surface area contributed by atoms with E-state index in [4.69, 9.17) is 4.74 Å². The van der Waals surface area contributed by atoms with E-state index in [-0.39, 0.29) is 19.0 Å². The molecule has 0 radical (unpaired) electrons. The van der Waals surface area contributed by atoms with Crippen molar-refractivity contribution in [1.29, 1.82) is 0 Å². The lowest BCUT2D eigenvalue weighted by Gasteiger charge is -2.20. The Morgan fingerprint density at radius 2 is 1.90 bits per heavy atom. The van der Waals surface area contributed by atoms with Crippen molar-refractivity contribution in [3.8, 4) is 5.75 Å². The zero-order chi connectivity index (χ0) is 29.1. The van der Waals surface area contributed by atoms with Gasteiger partial charge in [0.2, 0.25) is 5.91 Å². The number of fused-ring (bicyclic) bond motifs is 1. The van der Waals surface area contributed by atoms with Crippen LogP contribution in [-0.2, 0) is 16.2 Å². The van der Waals surface area contributed by atoms with Crippen LogP contribution in [0.1, 0.15) is 35.5 Å². The largest absolute Gasteiger partial charge is 0.489 e. The Bertz CT molecular complexity index is 1350. The highest BCUT2D eigenvalue weighted by Gasteiger charge is 2.39. The van der Waals surface area contributed by atoms with Crippen LogP contribution in [0, 0.1) is 12.8 Å². The second-order valence-corrected chi connectivity index (χ2v) is 9.63. The fourth-order valence-corrected chi connectivity index (χ4v) is 5.15. The Labute approximate surface area is 238 Å². The van der Waals surface area contributed by atoms with Crippen molar-refractivity contribution < 1.29 is 24.2 Å². The molecule has 2 amide bonds. The highest BCUT2D eigenvalue weighted by Crippen LogP contribution is 2.25. The first-order chi connectivity index (χ1) is 19.4. The van der Waals surface area contributed by atoms with Gasteiger partial charge < -0.3 is 25.5 Å². The average molecular weight is 566 g/mol. The van der Waals surface area contributed by atoms with E-state index in [1.807, 2.05) is 51.1 Å². The number of ether oxygens (including phenoxy) is 1. The SMILES string of the molecule is CC.CN/N=C(\SC=O)C1CN(C(=O)CO)CC1NC(=O)c1ccc(OCc2cc(C)nc3ccccc23)cc1. The molecule has 2 heterocycles. The van der Waals surface area contributed by atoms with Gasteiger partial charge in [0.1, 0.15) is 24.0 Å². The van der Waals surface area contributed by atoms with Gasteiger partial charge in [0.15, 0.2) is 5.62 Å². The van der Waals surface area contributed by atoms with Crippen LogP contribution in [0.3, 0.4) is 0 Å². The summed E-state index contributed by atoms with van der Waals surface area (Å²) in [7, 11) is 1.60. The molecule has 0 aliphatic carbocycles. The molecule has 1 aliphatic heterocycles. The molecule has 10 nitrogen and oxygen atoms in total. The maximum atomic E-state index is 13.1. The Morgan fingerprint density at radius 3 is 2.58 bits per heavy atom. The predicted octanol–water partition coefficient (Wildman–Crippen LogP) is 3.15. The first-order valence-corrected chi connectivity index (χ1v) is 13.9. The molecule has 2 atom stereocenters. The van der Waals surface area contributed by atoms with Gasteiger partial charge in [-0.25, -0.2) is 0 Å². The number of para-hydroxylation sites is 1. The number of hydrazone groups is 1. The minimum Gasteiger partial charge on any atom is -0.489 e. The van der Waals surface area contributed by atoms with Crippen molar-refractivity contribution >= 4 is 45.1 Å². The van der Waals surface area contributed by atoms with E-state index < -0.39 is 24.5 Å². The molecule has 4 rings (SSSR count). The third-order valence-corrected chi connectivity index (χ3v) is 7.00. The number of aliphatic hydroxyl groups is 1. The summed E-state index contributed by atoms with van der Waals surface area (Å²) in [6.45, 7) is 6.08. The molecule has 0 spiro atoms. The van der Waals surface area contributed by atoms with Crippen LogP contribution < -0.4 is 15.5 Å². The smallest absolute Gasteiger partial charge is 0.251 e. The lowest BCUT2D eigenvalue weighted by Crippen LogP contribution is -2.43. The number of aromatic nitrogens is 1. The lowest BCUT2D eigenvalue weighted by atomic mass is 10.0. The number of thioether (sulfide) groups is 1. The van der Waals surface area contributed by atoms with Crippen LogP contribution in [-0.4, -0.2) is 70.3 Å². The maximum Gasteiger partial charge on any atom is 0.251 e. The van der Waals surface area contributed by atoms with E-state index in [0.29, 0.717) is 28.6 Å². The Balaban J connectivity index is 0.00000216. The molecule has 3 aromatic rings. The maximum absolute atomic E-state index is 13.1. The quantitative estimate of drug-likeness (QED) is 0.156. The third kappa shape index (κ3) is 7.57. The molecule has 1 saturated heterocycles. The van der Waals surface area contributed by atoms with E-state index in [2.05, 4.69) is 20.8 Å². The molecule has 0 bridgehead atoms. The van der Waals surface area contributed by atoms with E-state index >= 15 is 0 Å². The molecular weight excluding hydrogens is 530 g/mol. The van der Waals surface area contributed by atoms with Gasteiger partial charge in [0, 0.05) is 48.3 Å². The summed E-state index contributed by atoms with van der Waals surface area (Å²) in [5.41, 5.74) is 6.58. The Hall–Kier alpha value is -3.96. The second-order valence-electron chi connectivity index (χ2n) is 8.78. The van der Waals surface area contributed by atoms with Crippen molar-refractivity contribution in [3.05, 3.63) is 71.4 Å². The average Bonchev–Trinajstić information content (AvgIpc) is 3.40. The van der Waals surface area contributed by atoms with Gasteiger partial charge >= 0.3 is 0 Å². The number of hydrogen-bond acceptors (Lipinski definition) is 9. The fourth-order valence-electron chi connectivity index (χ4n) is 4.49. The lowest BCUT2D eigenvalue weighted by molar-refractivity contribution is -0.133. The first kappa shape index (κ1) is 30.6. The second kappa shape index (κ2) is 15.0. The molecule has 0 saturated carbocycles. The van der Waals surface area contributed by atoms with E-state index in [0.717, 1.165) is 33.9 Å². The van der Waals surface area contributed by atoms with Crippen molar-refractivity contribution in [1.82, 2.24) is 20.6 Å². The van der Waals surface area contributed by atoms with E-state index in [1.165, 1.54) is 4.90 Å². The summed E-state index contributed by atoms with van der Waals surface area (Å²) < 4.78 is 5.99. The van der Waals surface area contributed by atoms with Gasteiger partial charge in [-0.2, -0.15) is 5.10 Å². The number of aryl methyl sites for hydroxylation is 1. The molecule has 1 aromatic heterocycles. The molecule has 3 N–H and O–H groups in total. The monoisotopic (exact) mass is 565 g/mol. The number of carbonyl (C=O) groups is 3. The Kier molecular flexibility index (Phi) is 11.5. The summed E-state index contributed by atoms with van der Waals surface area (Å²) in [6.07, 6.45) is 0. The highest BCUT2D eigenvalue weighted by molar-refractivity contribution is 8.24. The molecule has 1 aliphatic rings. The van der Waals surface area contributed by atoms with E-state index in [9.17, 15) is 19.5 Å². The topological polar surface area (TPSA) is 133 Å². The van der Waals surface area contributed by atoms with Crippen LogP contribution in [0.5, 0.6) is 5.75 Å². The Morgan fingerprint density at radius 1 is 1.18 bits per heavy atom. The van der Waals surface area contributed by atoms with Crippen molar-refractivity contribution in [2.24, 2.45) is 11.0 Å².